The number of aromatic nitrogens is 5. The molecule has 1 fully saturated rings. The largest absolute Gasteiger partial charge is 0.452 e. The van der Waals surface area contributed by atoms with Gasteiger partial charge in [0.05, 0.1) is 12.6 Å². The van der Waals surface area contributed by atoms with E-state index in [1.54, 1.807) is 36.4 Å². The Bertz CT molecular complexity index is 1780. The fourth-order valence-electron chi connectivity index (χ4n) is 4.92. The predicted molar refractivity (Wildman–Crippen MR) is 142 cm³/mol. The van der Waals surface area contributed by atoms with Crippen molar-refractivity contribution in [1.82, 2.24) is 24.1 Å². The highest BCUT2D eigenvalue weighted by Crippen LogP contribution is 2.41. The van der Waals surface area contributed by atoms with Crippen molar-refractivity contribution >= 4 is 16.9 Å². The van der Waals surface area contributed by atoms with Gasteiger partial charge in [-0.15, -0.1) is 0 Å². The van der Waals surface area contributed by atoms with Gasteiger partial charge in [0, 0.05) is 35.7 Å². The highest BCUT2D eigenvalue weighted by molar-refractivity contribution is 5.78. The van der Waals surface area contributed by atoms with Gasteiger partial charge in [0.15, 0.2) is 28.7 Å². The molecule has 0 bridgehead atoms. The molecule has 0 radical (unpaired) electrons. The molecule has 41 heavy (non-hydrogen) atoms. The lowest BCUT2D eigenvalue weighted by molar-refractivity contribution is -0.147. The third kappa shape index (κ3) is 4.82. The van der Waals surface area contributed by atoms with Crippen LogP contribution in [-0.2, 0) is 10.9 Å². The highest BCUT2D eigenvalue weighted by atomic mass is 19.4. The summed E-state index contributed by atoms with van der Waals surface area (Å²) in [7, 11) is 0. The fraction of sp³-hybridized carbons (Fsp3) is 0.250. The summed E-state index contributed by atoms with van der Waals surface area (Å²) in [5, 5.41) is 3.05. The first-order valence-corrected chi connectivity index (χ1v) is 12.8. The van der Waals surface area contributed by atoms with Crippen molar-refractivity contribution in [2.75, 3.05) is 11.9 Å². The molecular weight excluding hydrogens is 544 g/mol. The number of H-pyrrole nitrogens is 1. The molecule has 5 aromatic rings. The van der Waals surface area contributed by atoms with Crippen LogP contribution < -0.4 is 15.7 Å². The molecule has 2 aromatic carbocycles. The van der Waals surface area contributed by atoms with Crippen molar-refractivity contribution in [3.8, 4) is 17.2 Å². The number of alkyl halides is 3. The summed E-state index contributed by atoms with van der Waals surface area (Å²) < 4.78 is 71.3. The topological polar surface area (TPSA) is 99.0 Å². The normalized spacial score (nSPS) is 17.1. The molecule has 2 atom stereocenters. The maximum Gasteiger partial charge on any atom is 0.433 e. The van der Waals surface area contributed by atoms with Gasteiger partial charge in [-0.3, -0.25) is 14.1 Å². The number of nitrogens with zero attached hydrogens (tertiary/aromatic N) is 4. The summed E-state index contributed by atoms with van der Waals surface area (Å²) in [6.07, 6.45) is -3.12. The number of benzene rings is 2. The van der Waals surface area contributed by atoms with E-state index in [2.05, 4.69) is 20.3 Å². The molecule has 0 saturated carbocycles. The molecule has 0 aliphatic carbocycles. The van der Waals surface area contributed by atoms with Crippen molar-refractivity contribution in [3.05, 3.63) is 94.8 Å². The Balaban J connectivity index is 1.24. The van der Waals surface area contributed by atoms with Gasteiger partial charge in [-0.1, -0.05) is 18.2 Å². The summed E-state index contributed by atoms with van der Waals surface area (Å²) >= 11 is 0. The molecule has 6 rings (SSSR count). The van der Waals surface area contributed by atoms with Gasteiger partial charge >= 0.3 is 11.9 Å². The van der Waals surface area contributed by atoms with E-state index >= 15 is 4.39 Å². The monoisotopic (exact) mass is 568 g/mol. The number of anilines is 1. The molecule has 1 aliphatic rings. The van der Waals surface area contributed by atoms with Crippen LogP contribution in [0.25, 0.3) is 16.9 Å². The Morgan fingerprint density at radius 1 is 1.10 bits per heavy atom. The number of hydrogen-bond acceptors (Lipinski definition) is 6. The van der Waals surface area contributed by atoms with Crippen LogP contribution in [0.4, 0.5) is 23.2 Å². The standard InChI is InChI=1S/C28H24F4N6O3/c1-15(2)38-23-21(10-11-33-26(23)36-27(38)39)41-20-9-8-16(12-18(20)29)35-19-13-40-24(19)22-25(28(30,31)32)37(14-34-22)17-6-4-3-5-7-17/h3-12,14-15,19,24,35H,13H2,1-2H3,(H,33,36,39). The van der Waals surface area contributed by atoms with Crippen LogP contribution >= 0.6 is 0 Å². The van der Waals surface area contributed by atoms with E-state index in [1.807, 2.05) is 13.8 Å². The quantitative estimate of drug-likeness (QED) is 0.234. The molecule has 3 aromatic heterocycles. The minimum absolute atomic E-state index is 0.102. The van der Waals surface area contributed by atoms with Crippen molar-refractivity contribution in [3.63, 3.8) is 0 Å². The molecular formula is C28H24F4N6O3. The van der Waals surface area contributed by atoms with Crippen molar-refractivity contribution in [2.45, 2.75) is 38.2 Å². The third-order valence-corrected chi connectivity index (χ3v) is 6.78. The number of halogens is 4. The van der Waals surface area contributed by atoms with Crippen molar-refractivity contribution in [1.29, 1.82) is 0 Å². The van der Waals surface area contributed by atoms with Gasteiger partial charge in [0.25, 0.3) is 0 Å². The van der Waals surface area contributed by atoms with Crippen LogP contribution in [0, 0.1) is 5.82 Å². The molecule has 0 amide bonds. The van der Waals surface area contributed by atoms with Gasteiger partial charge in [0.2, 0.25) is 0 Å². The van der Waals surface area contributed by atoms with E-state index in [9.17, 15) is 18.0 Å². The van der Waals surface area contributed by atoms with Gasteiger partial charge in [0.1, 0.15) is 23.6 Å². The van der Waals surface area contributed by atoms with E-state index in [0.29, 0.717) is 22.5 Å². The number of para-hydroxylation sites is 1. The predicted octanol–water partition coefficient (Wildman–Crippen LogP) is 5.99. The molecule has 4 heterocycles. The Hall–Kier alpha value is -4.65. The summed E-state index contributed by atoms with van der Waals surface area (Å²) in [6.45, 7) is 3.76. The van der Waals surface area contributed by atoms with Gasteiger partial charge < -0.3 is 14.8 Å². The van der Waals surface area contributed by atoms with Crippen LogP contribution in [0.1, 0.15) is 37.4 Å². The van der Waals surface area contributed by atoms with Crippen LogP contribution in [0.2, 0.25) is 0 Å². The van der Waals surface area contributed by atoms with E-state index in [-0.39, 0.29) is 35.5 Å². The fourth-order valence-corrected chi connectivity index (χ4v) is 4.92. The zero-order chi connectivity index (χ0) is 28.9. The zero-order valence-electron chi connectivity index (χ0n) is 21.8. The zero-order valence-corrected chi connectivity index (χ0v) is 21.8. The second-order valence-corrected chi connectivity index (χ2v) is 9.83. The molecule has 1 aliphatic heterocycles. The average molecular weight is 569 g/mol. The van der Waals surface area contributed by atoms with Crippen LogP contribution in [0.5, 0.6) is 11.5 Å². The first-order chi connectivity index (χ1) is 19.6. The highest BCUT2D eigenvalue weighted by Gasteiger charge is 2.45. The number of pyridine rings is 1. The van der Waals surface area contributed by atoms with E-state index < -0.39 is 29.8 Å². The summed E-state index contributed by atoms with van der Waals surface area (Å²) in [4.78, 5) is 23.2. The number of aromatic amines is 1. The van der Waals surface area contributed by atoms with Crippen LogP contribution in [0.3, 0.4) is 0 Å². The number of nitrogens with one attached hydrogen (secondary N) is 2. The molecule has 0 spiro atoms. The Morgan fingerprint density at radius 2 is 1.88 bits per heavy atom. The lowest BCUT2D eigenvalue weighted by atomic mass is 10.0. The second kappa shape index (κ2) is 10.1. The third-order valence-electron chi connectivity index (χ3n) is 6.78. The Labute approximate surface area is 230 Å². The second-order valence-electron chi connectivity index (χ2n) is 9.83. The van der Waals surface area contributed by atoms with Crippen LogP contribution in [0.15, 0.2) is 71.9 Å². The Morgan fingerprint density at radius 3 is 2.54 bits per heavy atom. The van der Waals surface area contributed by atoms with Gasteiger partial charge in [-0.25, -0.2) is 19.2 Å². The number of fused-ring (bicyclic) bond motifs is 1. The Kier molecular flexibility index (Phi) is 6.53. The lowest BCUT2D eigenvalue weighted by Gasteiger charge is -2.37. The number of ether oxygens (including phenoxy) is 2. The first kappa shape index (κ1) is 26.6. The molecule has 2 N–H and O–H groups in total. The summed E-state index contributed by atoms with van der Waals surface area (Å²) in [5.74, 6) is -0.577. The SMILES string of the molecule is CC(C)n1c(=O)[nH]c2nccc(Oc3ccc(NC4COC4c4ncn(-c5ccccc5)c4C(F)(F)F)cc3F)c21. The van der Waals surface area contributed by atoms with E-state index in [1.165, 1.54) is 29.0 Å². The summed E-state index contributed by atoms with van der Waals surface area (Å²) in [6, 6.07) is 13.0. The lowest BCUT2D eigenvalue weighted by Crippen LogP contribution is -2.44. The average Bonchev–Trinajstić information content (AvgIpc) is 3.50. The maximum absolute atomic E-state index is 15.2. The maximum atomic E-state index is 15.2. The van der Waals surface area contributed by atoms with Crippen LogP contribution in [-0.4, -0.2) is 36.7 Å². The van der Waals surface area contributed by atoms with E-state index in [0.717, 1.165) is 10.9 Å². The molecule has 9 nitrogen and oxygen atoms in total. The summed E-state index contributed by atoms with van der Waals surface area (Å²) in [5.41, 5.74) is -0.194. The molecule has 1 saturated heterocycles. The van der Waals surface area contributed by atoms with Gasteiger partial charge in [-0.2, -0.15) is 13.2 Å². The first-order valence-electron chi connectivity index (χ1n) is 12.8. The minimum Gasteiger partial charge on any atom is -0.452 e. The minimum atomic E-state index is -4.69. The van der Waals surface area contributed by atoms with Crippen molar-refractivity contribution in [2.24, 2.45) is 0 Å². The van der Waals surface area contributed by atoms with Crippen molar-refractivity contribution < 1.29 is 27.0 Å². The molecule has 13 heteroatoms. The van der Waals surface area contributed by atoms with Gasteiger partial charge in [-0.05, 0) is 38.1 Å². The van der Waals surface area contributed by atoms with E-state index in [4.69, 9.17) is 9.47 Å². The molecule has 2 unspecified atom stereocenters. The number of rotatable bonds is 7. The molecule has 212 valence electrons. The smallest absolute Gasteiger partial charge is 0.433 e. The number of imidazole rings is 2. The number of hydrogen-bond donors (Lipinski definition) is 2.